The van der Waals surface area contributed by atoms with Gasteiger partial charge in [0.05, 0.1) is 22.6 Å². The molecule has 0 atom stereocenters. The molecule has 0 aliphatic rings. The molecule has 4 nitrogen and oxygen atoms in total. The van der Waals surface area contributed by atoms with Crippen molar-refractivity contribution in [1.29, 1.82) is 0 Å². The summed E-state index contributed by atoms with van der Waals surface area (Å²) in [5.74, 6) is 0.693. The van der Waals surface area contributed by atoms with Crippen LogP contribution >= 0.6 is 0 Å². The molecule has 11 aromatic rings. The van der Waals surface area contributed by atoms with Gasteiger partial charge >= 0.3 is 0 Å². The molecule has 0 fully saturated rings. The molecule has 2 heterocycles. The number of benzene rings is 9. The number of para-hydroxylation sites is 1. The normalized spacial score (nSPS) is 11.3. The lowest BCUT2D eigenvalue weighted by atomic mass is 9.92. The summed E-state index contributed by atoms with van der Waals surface area (Å²) in [6.45, 7) is 0. The molecule has 0 spiro atoms. The van der Waals surface area contributed by atoms with Crippen molar-refractivity contribution in [2.45, 2.75) is 0 Å². The second-order valence-electron chi connectivity index (χ2n) is 15.3. The molecule has 0 bridgehead atoms. The average Bonchev–Trinajstić information content (AvgIpc) is 3.76. The van der Waals surface area contributed by atoms with Gasteiger partial charge in [-0.25, -0.2) is 14.6 Å². The van der Waals surface area contributed by atoms with Gasteiger partial charge in [0.2, 0.25) is 0 Å². The van der Waals surface area contributed by atoms with Crippen LogP contribution in [0.5, 0.6) is 0 Å². The minimum atomic E-state index is 0.693. The standard InChI is InChI=1S/C57H38N4/c1-5-17-39(18-6-1)45-25-16-27-48(36-45)57-58-52(41-19-7-2-8-20-41)38-53(59-57)42-33-31-40(32-34-42)44-24-15-26-46(35-44)51-37-47-23-13-14-30-50(47)56-54(51)55(43-21-9-3-10-22-43)60-61(56)49-28-11-4-12-29-49/h1-38H. The van der Waals surface area contributed by atoms with Gasteiger partial charge in [-0.3, -0.25) is 0 Å². The van der Waals surface area contributed by atoms with Crippen LogP contribution in [0, 0.1) is 0 Å². The zero-order valence-corrected chi connectivity index (χ0v) is 33.2. The Bertz CT molecular complexity index is 3320. The monoisotopic (exact) mass is 778 g/mol. The van der Waals surface area contributed by atoms with E-state index in [4.69, 9.17) is 15.1 Å². The Labute approximate surface area is 354 Å². The lowest BCUT2D eigenvalue weighted by Crippen LogP contribution is -1.96. The lowest BCUT2D eigenvalue weighted by Gasteiger charge is -2.13. The Morgan fingerprint density at radius 3 is 1.48 bits per heavy atom. The van der Waals surface area contributed by atoms with Gasteiger partial charge in [-0.1, -0.05) is 194 Å². The molecule has 0 unspecified atom stereocenters. The predicted molar refractivity (Wildman–Crippen MR) is 252 cm³/mol. The molecule has 286 valence electrons. The minimum Gasteiger partial charge on any atom is -0.232 e. The minimum absolute atomic E-state index is 0.693. The van der Waals surface area contributed by atoms with E-state index >= 15 is 0 Å². The number of rotatable bonds is 8. The van der Waals surface area contributed by atoms with Crippen LogP contribution in [0.4, 0.5) is 0 Å². The molecular weight excluding hydrogens is 741 g/mol. The van der Waals surface area contributed by atoms with E-state index in [1.54, 1.807) is 0 Å². The van der Waals surface area contributed by atoms with E-state index in [0.717, 1.165) is 89.3 Å². The lowest BCUT2D eigenvalue weighted by molar-refractivity contribution is 0.918. The second-order valence-corrected chi connectivity index (χ2v) is 15.3. The van der Waals surface area contributed by atoms with E-state index < -0.39 is 0 Å². The first kappa shape index (κ1) is 35.9. The Balaban J connectivity index is 1.01. The van der Waals surface area contributed by atoms with Crippen molar-refractivity contribution in [3.63, 3.8) is 0 Å². The molecule has 61 heavy (non-hydrogen) atoms. The number of hydrogen-bond donors (Lipinski definition) is 0. The molecule has 11 rings (SSSR count). The SMILES string of the molecule is c1ccc(-c2cccc(-c3nc(-c4ccccc4)cc(-c4ccc(-c5cccc(-c6cc7ccccc7c7c6c(-c6ccccc6)nn7-c6ccccc6)c5)cc4)n3)c2)cc1. The predicted octanol–water partition coefficient (Wildman–Crippen LogP) is 14.6. The topological polar surface area (TPSA) is 43.6 Å². The maximum absolute atomic E-state index is 5.36. The molecular formula is C57H38N4. The van der Waals surface area contributed by atoms with Crippen LogP contribution in [0.25, 0.3) is 106 Å². The summed E-state index contributed by atoms with van der Waals surface area (Å²) < 4.78 is 2.12. The molecule has 0 N–H and O–H groups in total. The van der Waals surface area contributed by atoms with Crippen LogP contribution in [0.1, 0.15) is 0 Å². The third-order valence-electron chi connectivity index (χ3n) is 11.4. The molecule has 0 amide bonds. The first-order chi connectivity index (χ1) is 30.2. The molecule has 4 heteroatoms. The molecule has 0 radical (unpaired) electrons. The first-order valence-corrected chi connectivity index (χ1v) is 20.6. The molecule has 0 saturated heterocycles. The summed E-state index contributed by atoms with van der Waals surface area (Å²) in [4.78, 5) is 10.3. The Kier molecular flexibility index (Phi) is 9.14. The van der Waals surface area contributed by atoms with Crippen molar-refractivity contribution < 1.29 is 0 Å². The summed E-state index contributed by atoms with van der Waals surface area (Å²) in [6, 6.07) is 81.0. The number of fused-ring (bicyclic) bond motifs is 3. The van der Waals surface area contributed by atoms with Gasteiger partial charge in [-0.05, 0) is 75.2 Å². The number of hydrogen-bond acceptors (Lipinski definition) is 3. The molecule has 9 aromatic carbocycles. The molecule has 0 saturated carbocycles. The van der Waals surface area contributed by atoms with Crippen LogP contribution in [0.3, 0.4) is 0 Å². The van der Waals surface area contributed by atoms with Crippen LogP contribution < -0.4 is 0 Å². The highest BCUT2D eigenvalue weighted by Gasteiger charge is 2.21. The van der Waals surface area contributed by atoms with E-state index in [-0.39, 0.29) is 0 Å². The fourth-order valence-electron chi connectivity index (χ4n) is 8.42. The van der Waals surface area contributed by atoms with E-state index in [1.165, 1.54) is 10.8 Å². The Morgan fingerprint density at radius 1 is 0.328 bits per heavy atom. The van der Waals surface area contributed by atoms with Gasteiger partial charge in [-0.2, -0.15) is 5.10 Å². The van der Waals surface area contributed by atoms with Gasteiger partial charge < -0.3 is 0 Å². The third-order valence-corrected chi connectivity index (χ3v) is 11.4. The third kappa shape index (κ3) is 6.86. The fraction of sp³-hybridized carbons (Fsp3) is 0. The van der Waals surface area contributed by atoms with Crippen LogP contribution in [0.2, 0.25) is 0 Å². The van der Waals surface area contributed by atoms with Crippen LogP contribution in [0.15, 0.2) is 231 Å². The second kappa shape index (κ2) is 15.5. The van der Waals surface area contributed by atoms with Crippen LogP contribution in [-0.2, 0) is 0 Å². The van der Waals surface area contributed by atoms with Gasteiger partial charge in [0, 0.05) is 33.0 Å². The summed E-state index contributed by atoms with van der Waals surface area (Å²) in [5, 5.41) is 8.82. The van der Waals surface area contributed by atoms with Crippen molar-refractivity contribution >= 4 is 21.7 Å². The van der Waals surface area contributed by atoms with Crippen molar-refractivity contribution in [1.82, 2.24) is 19.7 Å². The molecule has 0 aliphatic carbocycles. The van der Waals surface area contributed by atoms with E-state index in [0.29, 0.717) is 5.82 Å². The van der Waals surface area contributed by atoms with E-state index in [9.17, 15) is 0 Å². The maximum atomic E-state index is 5.36. The highest BCUT2D eigenvalue weighted by Crippen LogP contribution is 2.42. The smallest absolute Gasteiger partial charge is 0.160 e. The van der Waals surface area contributed by atoms with Crippen molar-refractivity contribution in [2.24, 2.45) is 0 Å². The zero-order chi connectivity index (χ0) is 40.5. The largest absolute Gasteiger partial charge is 0.232 e. The summed E-state index contributed by atoms with van der Waals surface area (Å²) in [5.41, 5.74) is 15.8. The fourth-order valence-corrected chi connectivity index (χ4v) is 8.42. The highest BCUT2D eigenvalue weighted by atomic mass is 15.3. The van der Waals surface area contributed by atoms with Crippen molar-refractivity contribution in [2.75, 3.05) is 0 Å². The van der Waals surface area contributed by atoms with Gasteiger partial charge in [0.1, 0.15) is 5.69 Å². The Morgan fingerprint density at radius 2 is 0.803 bits per heavy atom. The maximum Gasteiger partial charge on any atom is 0.160 e. The van der Waals surface area contributed by atoms with Gasteiger partial charge in [-0.15, -0.1) is 0 Å². The van der Waals surface area contributed by atoms with Gasteiger partial charge in [0.25, 0.3) is 0 Å². The highest BCUT2D eigenvalue weighted by molar-refractivity contribution is 6.17. The zero-order valence-electron chi connectivity index (χ0n) is 33.2. The quantitative estimate of drug-likeness (QED) is 0.154. The van der Waals surface area contributed by atoms with E-state index in [2.05, 4.69) is 217 Å². The molecule has 0 aliphatic heterocycles. The van der Waals surface area contributed by atoms with Crippen molar-refractivity contribution in [3.05, 3.63) is 231 Å². The summed E-state index contributed by atoms with van der Waals surface area (Å²) in [6.07, 6.45) is 0. The van der Waals surface area contributed by atoms with Crippen LogP contribution in [-0.4, -0.2) is 19.7 Å². The van der Waals surface area contributed by atoms with Gasteiger partial charge in [0.15, 0.2) is 5.82 Å². The summed E-state index contributed by atoms with van der Waals surface area (Å²) >= 11 is 0. The summed E-state index contributed by atoms with van der Waals surface area (Å²) in [7, 11) is 0. The number of nitrogens with zero attached hydrogens (tertiary/aromatic N) is 4. The van der Waals surface area contributed by atoms with Crippen molar-refractivity contribution in [3.8, 4) is 84.2 Å². The first-order valence-electron chi connectivity index (χ1n) is 20.6. The molecule has 2 aromatic heterocycles. The average molecular weight is 779 g/mol. The number of aromatic nitrogens is 4. The van der Waals surface area contributed by atoms with E-state index in [1.807, 2.05) is 18.2 Å². The Hall–Kier alpha value is -8.21.